The lowest BCUT2D eigenvalue weighted by Gasteiger charge is -2.14. The first-order valence-corrected chi connectivity index (χ1v) is 8.28. The number of carbonyl (C=O) groups excluding carboxylic acids is 1. The molecular formula is C20H15ClFN3O2. The Morgan fingerprint density at radius 2 is 2.07 bits per heavy atom. The number of hydrogen-bond acceptors (Lipinski definition) is 5. The number of halogens is 2. The fraction of sp³-hybridized carbons (Fsp3) is 0.0500. The third-order valence-electron chi connectivity index (χ3n) is 3.85. The van der Waals surface area contributed by atoms with E-state index in [0.717, 1.165) is 0 Å². The molecule has 0 unspecified atom stereocenters. The van der Waals surface area contributed by atoms with Crippen molar-refractivity contribution in [3.8, 4) is 11.3 Å². The number of aromatic nitrogens is 2. The third-order valence-corrected chi connectivity index (χ3v) is 4.09. The minimum Gasteiger partial charge on any atom is -0.465 e. The lowest BCUT2D eigenvalue weighted by molar-refractivity contribution is 0.0601. The number of carbonyl (C=O) groups is 1. The molecule has 0 aliphatic carbocycles. The van der Waals surface area contributed by atoms with Crippen LogP contribution in [0.1, 0.15) is 15.9 Å². The van der Waals surface area contributed by atoms with Crippen molar-refractivity contribution < 1.29 is 13.9 Å². The van der Waals surface area contributed by atoms with Crippen LogP contribution in [0.2, 0.25) is 5.02 Å². The highest BCUT2D eigenvalue weighted by molar-refractivity contribution is 6.30. The number of pyridine rings is 2. The van der Waals surface area contributed by atoms with E-state index in [2.05, 4.69) is 21.9 Å². The maximum atomic E-state index is 14.2. The van der Waals surface area contributed by atoms with Crippen LogP contribution in [0.15, 0.2) is 55.5 Å². The smallest absolute Gasteiger partial charge is 0.341 e. The summed E-state index contributed by atoms with van der Waals surface area (Å²) < 4.78 is 19.0. The van der Waals surface area contributed by atoms with Gasteiger partial charge in [-0.15, -0.1) is 0 Å². The van der Waals surface area contributed by atoms with E-state index in [4.69, 9.17) is 16.3 Å². The van der Waals surface area contributed by atoms with Crippen molar-refractivity contribution in [2.75, 3.05) is 12.4 Å². The number of anilines is 2. The number of ether oxygens (including phenoxy) is 1. The van der Waals surface area contributed by atoms with Gasteiger partial charge in [-0.3, -0.25) is 9.97 Å². The molecule has 2 heterocycles. The van der Waals surface area contributed by atoms with Gasteiger partial charge in [0.1, 0.15) is 11.4 Å². The molecule has 0 fully saturated rings. The van der Waals surface area contributed by atoms with Crippen molar-refractivity contribution >= 4 is 35.0 Å². The maximum Gasteiger partial charge on any atom is 0.341 e. The number of benzene rings is 1. The van der Waals surface area contributed by atoms with Crippen molar-refractivity contribution in [2.45, 2.75) is 0 Å². The zero-order chi connectivity index (χ0) is 19.4. The van der Waals surface area contributed by atoms with Gasteiger partial charge in [0.25, 0.3) is 0 Å². The lowest BCUT2D eigenvalue weighted by atomic mass is 10.1. The highest BCUT2D eigenvalue weighted by Crippen LogP contribution is 2.30. The predicted molar refractivity (Wildman–Crippen MR) is 104 cm³/mol. The highest BCUT2D eigenvalue weighted by atomic mass is 35.5. The molecule has 3 rings (SSSR count). The molecule has 0 aliphatic heterocycles. The van der Waals surface area contributed by atoms with Gasteiger partial charge in [-0.25, -0.2) is 9.18 Å². The van der Waals surface area contributed by atoms with E-state index in [1.54, 1.807) is 30.6 Å². The van der Waals surface area contributed by atoms with E-state index in [9.17, 15) is 9.18 Å². The van der Waals surface area contributed by atoms with Gasteiger partial charge in [0, 0.05) is 40.4 Å². The number of methoxy groups -OCH3 is 1. The summed E-state index contributed by atoms with van der Waals surface area (Å²) in [5.74, 6) is -0.968. The normalized spacial score (nSPS) is 10.3. The molecule has 1 N–H and O–H groups in total. The number of nitrogens with one attached hydrogen (secondary N) is 1. The van der Waals surface area contributed by atoms with E-state index >= 15 is 0 Å². The Morgan fingerprint density at radius 1 is 1.26 bits per heavy atom. The quantitative estimate of drug-likeness (QED) is 0.620. The number of nitrogens with zero attached hydrogens (tertiary/aromatic N) is 2. The van der Waals surface area contributed by atoms with Crippen LogP contribution in [0, 0.1) is 5.82 Å². The average Bonchev–Trinajstić information content (AvgIpc) is 2.69. The van der Waals surface area contributed by atoms with Crippen molar-refractivity contribution in [3.05, 3.63) is 77.5 Å². The summed E-state index contributed by atoms with van der Waals surface area (Å²) in [7, 11) is 1.29. The second-order valence-electron chi connectivity index (χ2n) is 5.52. The fourth-order valence-electron chi connectivity index (χ4n) is 2.50. The summed E-state index contributed by atoms with van der Waals surface area (Å²) in [6, 6.07) is 7.55. The standard InChI is InChI=1S/C20H15ClFN3O2/c1-3-12-10-24-19(14-8-13(21)4-5-16(14)22)9-18(12)25-17-6-7-23-11-15(17)20(26)27-2/h3-11H,1H2,2H3,(H,23,24,25). The van der Waals surface area contributed by atoms with E-state index in [1.165, 1.54) is 31.5 Å². The monoisotopic (exact) mass is 383 g/mol. The van der Waals surface area contributed by atoms with Gasteiger partial charge in [-0.1, -0.05) is 24.3 Å². The molecule has 3 aromatic rings. The molecule has 2 aromatic heterocycles. The van der Waals surface area contributed by atoms with Gasteiger partial charge in [0.2, 0.25) is 0 Å². The van der Waals surface area contributed by atoms with Crippen LogP contribution < -0.4 is 5.32 Å². The van der Waals surface area contributed by atoms with Crippen LogP contribution in [0.3, 0.4) is 0 Å². The molecule has 136 valence electrons. The Balaban J connectivity index is 2.07. The molecule has 0 amide bonds. The summed E-state index contributed by atoms with van der Waals surface area (Å²) in [4.78, 5) is 20.2. The summed E-state index contributed by atoms with van der Waals surface area (Å²) >= 11 is 5.98. The van der Waals surface area contributed by atoms with E-state index in [-0.39, 0.29) is 11.1 Å². The van der Waals surface area contributed by atoms with E-state index in [1.807, 2.05) is 0 Å². The van der Waals surface area contributed by atoms with Crippen LogP contribution in [0.5, 0.6) is 0 Å². The maximum absolute atomic E-state index is 14.2. The molecule has 0 saturated heterocycles. The van der Waals surface area contributed by atoms with Crippen molar-refractivity contribution in [1.29, 1.82) is 0 Å². The van der Waals surface area contributed by atoms with E-state index in [0.29, 0.717) is 27.7 Å². The van der Waals surface area contributed by atoms with E-state index < -0.39 is 11.8 Å². The molecule has 7 heteroatoms. The minimum atomic E-state index is -0.527. The van der Waals surface area contributed by atoms with Crippen molar-refractivity contribution in [1.82, 2.24) is 9.97 Å². The van der Waals surface area contributed by atoms with Crippen LogP contribution >= 0.6 is 11.6 Å². The highest BCUT2D eigenvalue weighted by Gasteiger charge is 2.15. The van der Waals surface area contributed by atoms with Crippen LogP contribution in [-0.4, -0.2) is 23.0 Å². The Bertz CT molecular complexity index is 1020. The predicted octanol–water partition coefficient (Wildman–Crippen LogP) is 5.11. The molecule has 0 radical (unpaired) electrons. The van der Waals surface area contributed by atoms with Crippen molar-refractivity contribution in [2.24, 2.45) is 0 Å². The van der Waals surface area contributed by atoms with Gasteiger partial charge in [0.05, 0.1) is 18.5 Å². The minimum absolute atomic E-state index is 0.266. The first kappa shape index (κ1) is 18.5. The zero-order valence-corrected chi connectivity index (χ0v) is 15.1. The molecule has 0 bridgehead atoms. The topological polar surface area (TPSA) is 64.1 Å². The molecule has 0 spiro atoms. The largest absolute Gasteiger partial charge is 0.465 e. The van der Waals surface area contributed by atoms with Crippen molar-refractivity contribution in [3.63, 3.8) is 0 Å². The van der Waals surface area contributed by atoms with Gasteiger partial charge >= 0.3 is 5.97 Å². The zero-order valence-electron chi connectivity index (χ0n) is 14.4. The van der Waals surface area contributed by atoms with Gasteiger partial charge in [-0.05, 0) is 30.3 Å². The first-order chi connectivity index (χ1) is 13.0. The van der Waals surface area contributed by atoms with Gasteiger partial charge < -0.3 is 10.1 Å². The Labute approximate surface area is 160 Å². The Hall–Kier alpha value is -3.25. The SMILES string of the molecule is C=Cc1cnc(-c2cc(Cl)ccc2F)cc1Nc1ccncc1C(=O)OC. The molecule has 0 saturated carbocycles. The second-order valence-corrected chi connectivity index (χ2v) is 5.96. The van der Waals surface area contributed by atoms with Crippen LogP contribution in [-0.2, 0) is 4.74 Å². The van der Waals surface area contributed by atoms with Gasteiger partial charge in [0.15, 0.2) is 0 Å². The average molecular weight is 384 g/mol. The molecule has 1 aromatic carbocycles. The summed E-state index contributed by atoms with van der Waals surface area (Å²) in [5.41, 5.74) is 2.67. The van der Waals surface area contributed by atoms with Crippen LogP contribution in [0.4, 0.5) is 15.8 Å². The fourth-order valence-corrected chi connectivity index (χ4v) is 2.67. The molecule has 5 nitrogen and oxygen atoms in total. The lowest BCUT2D eigenvalue weighted by Crippen LogP contribution is -2.07. The number of hydrogen-bond donors (Lipinski definition) is 1. The molecule has 0 atom stereocenters. The van der Waals surface area contributed by atoms with Crippen LogP contribution in [0.25, 0.3) is 17.3 Å². The Morgan fingerprint density at radius 3 is 2.81 bits per heavy atom. The number of rotatable bonds is 5. The molecule has 0 aliphatic rings. The Kier molecular flexibility index (Phi) is 5.47. The number of esters is 1. The summed E-state index contributed by atoms with van der Waals surface area (Å²) in [6.45, 7) is 3.76. The first-order valence-electron chi connectivity index (χ1n) is 7.90. The summed E-state index contributed by atoms with van der Waals surface area (Å²) in [5, 5.41) is 3.54. The molecular weight excluding hydrogens is 369 g/mol. The second kappa shape index (κ2) is 7.97. The third kappa shape index (κ3) is 3.96. The molecule has 27 heavy (non-hydrogen) atoms. The van der Waals surface area contributed by atoms with Gasteiger partial charge in [-0.2, -0.15) is 0 Å². The summed E-state index contributed by atoms with van der Waals surface area (Å²) in [6.07, 6.45) is 6.11.